The van der Waals surface area contributed by atoms with E-state index in [4.69, 9.17) is 9.84 Å². The molecule has 2 aromatic carbocycles. The number of amides is 1. The number of benzene rings is 2. The second-order valence-corrected chi connectivity index (χ2v) is 11.0. The minimum Gasteiger partial charge on any atom is -0.491 e. The van der Waals surface area contributed by atoms with E-state index >= 15 is 0 Å². The number of carbonyl (C=O) groups excluding carboxylic acids is 1. The predicted octanol–water partition coefficient (Wildman–Crippen LogP) is 3.47. The van der Waals surface area contributed by atoms with Crippen molar-refractivity contribution in [3.05, 3.63) is 76.5 Å². The van der Waals surface area contributed by atoms with Gasteiger partial charge in [0, 0.05) is 13.1 Å². The summed E-state index contributed by atoms with van der Waals surface area (Å²) in [6, 6.07) is 11.7. The van der Waals surface area contributed by atoms with Crippen molar-refractivity contribution in [1.29, 1.82) is 0 Å². The average molecular weight is 597 g/mol. The summed E-state index contributed by atoms with van der Waals surface area (Å²) in [6.07, 6.45) is -3.96. The van der Waals surface area contributed by atoms with Crippen LogP contribution in [0.4, 0.5) is 19.0 Å². The van der Waals surface area contributed by atoms with E-state index in [9.17, 15) is 31.2 Å². The molecule has 0 radical (unpaired) electrons. The zero-order chi connectivity index (χ0) is 29.9. The number of nitrogens with one attached hydrogen (secondary N) is 1. The second-order valence-electron chi connectivity index (χ2n) is 9.33. The third kappa shape index (κ3) is 7.35. The molecule has 0 saturated heterocycles. The third-order valence-electron chi connectivity index (χ3n) is 6.23. The van der Waals surface area contributed by atoms with Gasteiger partial charge in [0.15, 0.2) is 5.69 Å². The molecule has 220 valence electrons. The number of hydrogen-bond acceptors (Lipinski definition) is 8. The first-order chi connectivity index (χ1) is 19.2. The maximum absolute atomic E-state index is 14.0. The Hall–Kier alpha value is -4.11. The number of alkyl halides is 3. The maximum atomic E-state index is 14.0. The number of carboxylic acid groups (broad SMARTS) is 1. The highest BCUT2D eigenvalue weighted by molar-refractivity contribution is 7.85. The highest BCUT2D eigenvalue weighted by Crippen LogP contribution is 2.39. The van der Waals surface area contributed by atoms with Gasteiger partial charge in [0.2, 0.25) is 0 Å². The summed E-state index contributed by atoms with van der Waals surface area (Å²) < 4.78 is 75.4. The van der Waals surface area contributed by atoms with Crippen LogP contribution >= 0.6 is 0 Å². The van der Waals surface area contributed by atoms with Gasteiger partial charge in [-0.1, -0.05) is 24.3 Å². The van der Waals surface area contributed by atoms with Gasteiger partial charge in [0.05, 0.1) is 24.4 Å². The summed E-state index contributed by atoms with van der Waals surface area (Å²) >= 11 is 0. The quantitative estimate of drug-likeness (QED) is 0.252. The number of nitrogens with zero attached hydrogens (tertiary/aromatic N) is 3. The summed E-state index contributed by atoms with van der Waals surface area (Å²) in [5.74, 6) is -1.67. The van der Waals surface area contributed by atoms with Crippen LogP contribution in [-0.4, -0.2) is 61.2 Å². The predicted molar refractivity (Wildman–Crippen MR) is 140 cm³/mol. The molecule has 1 aromatic heterocycles. The lowest BCUT2D eigenvalue weighted by Crippen LogP contribution is -2.31. The summed E-state index contributed by atoms with van der Waals surface area (Å²) in [7, 11) is -3.61. The molecular formula is C26H27F3N4O7S. The average Bonchev–Trinajstić information content (AvgIpc) is 3.46. The topological polar surface area (TPSA) is 140 Å². The number of hydrogen-bond donors (Lipinski definition) is 2. The lowest BCUT2D eigenvalue weighted by molar-refractivity contribution is -0.141. The van der Waals surface area contributed by atoms with Crippen LogP contribution in [0.15, 0.2) is 48.5 Å². The van der Waals surface area contributed by atoms with Gasteiger partial charge in [-0.15, -0.1) is 0 Å². The van der Waals surface area contributed by atoms with Gasteiger partial charge in [-0.2, -0.15) is 26.7 Å². The number of anilines is 1. The number of fused-ring (bicyclic) bond motifs is 1. The Bertz CT molecular complexity index is 1540. The Balaban J connectivity index is 1.54. The largest absolute Gasteiger partial charge is 0.491 e. The lowest BCUT2D eigenvalue weighted by Gasteiger charge is -2.21. The summed E-state index contributed by atoms with van der Waals surface area (Å²) in [5.41, 5.74) is -0.682. The van der Waals surface area contributed by atoms with Gasteiger partial charge in [-0.25, -0.2) is 9.48 Å². The van der Waals surface area contributed by atoms with E-state index in [1.54, 1.807) is 36.1 Å². The molecule has 0 bridgehead atoms. The van der Waals surface area contributed by atoms with Crippen molar-refractivity contribution in [3.63, 3.8) is 0 Å². The molecule has 1 aliphatic heterocycles. The van der Waals surface area contributed by atoms with Crippen molar-refractivity contribution in [2.24, 2.45) is 0 Å². The first-order valence-corrected chi connectivity index (χ1v) is 14.2. The summed E-state index contributed by atoms with van der Waals surface area (Å²) in [6.45, 7) is 1.94. The number of carbonyl (C=O) groups is 2. The van der Waals surface area contributed by atoms with E-state index in [-0.39, 0.29) is 37.7 Å². The Morgan fingerprint density at radius 1 is 1.12 bits per heavy atom. The lowest BCUT2D eigenvalue weighted by atomic mass is 10.1. The molecule has 2 heterocycles. The van der Waals surface area contributed by atoms with Crippen molar-refractivity contribution in [2.45, 2.75) is 32.2 Å². The maximum Gasteiger partial charge on any atom is 0.436 e. The minimum atomic E-state index is -4.89. The van der Waals surface area contributed by atoms with E-state index in [0.717, 1.165) is 10.9 Å². The van der Waals surface area contributed by atoms with Crippen molar-refractivity contribution < 1.29 is 45.2 Å². The highest BCUT2D eigenvalue weighted by Gasteiger charge is 2.44. The van der Waals surface area contributed by atoms with Crippen LogP contribution in [0.25, 0.3) is 0 Å². The molecule has 0 spiro atoms. The fourth-order valence-electron chi connectivity index (χ4n) is 4.38. The smallest absolute Gasteiger partial charge is 0.436 e. The molecule has 0 unspecified atom stereocenters. The van der Waals surface area contributed by atoms with Crippen molar-refractivity contribution in [3.8, 4) is 5.75 Å². The molecule has 0 saturated carbocycles. The van der Waals surface area contributed by atoms with Gasteiger partial charge < -0.3 is 20.1 Å². The van der Waals surface area contributed by atoms with Crippen LogP contribution in [0.1, 0.15) is 50.5 Å². The van der Waals surface area contributed by atoms with Gasteiger partial charge in [-0.05, 0) is 42.3 Å². The van der Waals surface area contributed by atoms with Gasteiger partial charge in [0.1, 0.15) is 30.3 Å². The molecule has 4 rings (SSSR count). The fourth-order valence-corrected chi connectivity index (χ4v) is 4.75. The van der Waals surface area contributed by atoms with Crippen molar-refractivity contribution >= 4 is 27.8 Å². The molecule has 1 aliphatic rings. The molecule has 11 nitrogen and oxygen atoms in total. The van der Waals surface area contributed by atoms with Gasteiger partial charge in [-0.3, -0.25) is 8.98 Å². The van der Waals surface area contributed by atoms with Crippen LogP contribution < -0.4 is 15.0 Å². The number of aromatic carboxylic acids is 1. The molecule has 0 fully saturated rings. The van der Waals surface area contributed by atoms with E-state index in [1.165, 1.54) is 24.3 Å². The molecule has 3 aromatic rings. The van der Waals surface area contributed by atoms with Crippen molar-refractivity contribution in [2.75, 3.05) is 30.9 Å². The normalized spacial score (nSPS) is 14.0. The first kappa shape index (κ1) is 29.9. The van der Waals surface area contributed by atoms with E-state index in [2.05, 4.69) is 14.6 Å². The van der Waals surface area contributed by atoms with Crippen LogP contribution in [-0.2, 0) is 33.6 Å². The highest BCUT2D eigenvalue weighted by atomic mass is 32.2. The van der Waals surface area contributed by atoms with Gasteiger partial charge in [0.25, 0.3) is 16.0 Å². The Labute approximate surface area is 233 Å². The number of rotatable bonds is 11. The Morgan fingerprint density at radius 2 is 1.83 bits per heavy atom. The van der Waals surface area contributed by atoms with Crippen LogP contribution in [0.2, 0.25) is 0 Å². The zero-order valence-electron chi connectivity index (χ0n) is 22.0. The van der Waals surface area contributed by atoms with Crippen LogP contribution in [0, 0.1) is 0 Å². The molecule has 41 heavy (non-hydrogen) atoms. The summed E-state index contributed by atoms with van der Waals surface area (Å²) in [5, 5.41) is 15.4. The van der Waals surface area contributed by atoms with Crippen LogP contribution in [0.3, 0.4) is 0 Å². The third-order valence-corrected chi connectivity index (χ3v) is 6.82. The minimum absolute atomic E-state index is 0.0242. The number of ether oxygens (including phenoxy) is 1. The van der Waals surface area contributed by atoms with E-state index in [1.807, 2.05) is 0 Å². The molecular weight excluding hydrogens is 569 g/mol. The van der Waals surface area contributed by atoms with Crippen molar-refractivity contribution in [1.82, 2.24) is 15.1 Å². The molecule has 2 N–H and O–H groups in total. The monoisotopic (exact) mass is 596 g/mol. The zero-order valence-corrected chi connectivity index (χ0v) is 22.8. The standard InChI is InChI=1S/C26H27F3N4O7S/c1-16(18-6-8-19(9-7-18)25(35)36)30-23(34)21-22(26(27,28)29)31-33-11-10-32(24(21)33)15-17-4-3-5-20(14-17)39-12-13-40-41(2,37)38/h3-9,14,16H,10-13,15H2,1-2H3,(H,30,34)(H,35,36)/t16-/m0/s1. The van der Waals surface area contributed by atoms with Crippen LogP contribution in [0.5, 0.6) is 5.75 Å². The summed E-state index contributed by atoms with van der Waals surface area (Å²) in [4.78, 5) is 26.0. The first-order valence-electron chi connectivity index (χ1n) is 12.4. The molecule has 1 atom stereocenters. The molecule has 15 heteroatoms. The van der Waals surface area contributed by atoms with Gasteiger partial charge >= 0.3 is 12.1 Å². The fraction of sp³-hybridized carbons (Fsp3) is 0.346. The molecule has 0 aliphatic carbocycles. The Morgan fingerprint density at radius 3 is 2.46 bits per heavy atom. The molecule has 1 amide bonds. The Kier molecular flexibility index (Phi) is 8.58. The second kappa shape index (κ2) is 11.8. The number of halogens is 3. The number of carboxylic acids is 1. The van der Waals surface area contributed by atoms with E-state index < -0.39 is 45.5 Å². The number of aromatic nitrogens is 2. The van der Waals surface area contributed by atoms with E-state index in [0.29, 0.717) is 23.4 Å². The SMILES string of the molecule is C[C@H](NC(=O)c1c(C(F)(F)F)nn2c1N(Cc1cccc(OCCOS(C)(=O)=O)c1)CC2)c1ccc(C(=O)O)cc1.